The minimum absolute atomic E-state index is 0.185. The normalized spacial score (nSPS) is 10.5. The summed E-state index contributed by atoms with van der Waals surface area (Å²) in [7, 11) is 0. The number of hydrogen-bond donors (Lipinski definition) is 1. The lowest BCUT2D eigenvalue weighted by Crippen LogP contribution is -1.88. The van der Waals surface area contributed by atoms with Crippen LogP contribution in [0.25, 0.3) is 10.9 Å². The van der Waals surface area contributed by atoms with E-state index in [4.69, 9.17) is 5.26 Å². The maximum atomic E-state index is 8.26. The Labute approximate surface area is 74.8 Å². The van der Waals surface area contributed by atoms with Crippen molar-refractivity contribution in [3.63, 3.8) is 0 Å². The average molecular weight is 176 g/mol. The second-order valence-corrected chi connectivity index (χ2v) is 2.69. The van der Waals surface area contributed by atoms with Gasteiger partial charge in [0.05, 0.1) is 5.52 Å². The zero-order chi connectivity index (χ0) is 9.10. The number of hydrogen-bond acceptors (Lipinski definition) is 4. The van der Waals surface area contributed by atoms with Gasteiger partial charge in [0.2, 0.25) is 0 Å². The molecule has 0 radical (unpaired) electrons. The highest BCUT2D eigenvalue weighted by Gasteiger charge is 1.96. The molecule has 0 unspecified atom stereocenters. The molecule has 1 aromatic carbocycles. The summed E-state index contributed by atoms with van der Waals surface area (Å²) in [4.78, 5) is 12.0. The fraction of sp³-hybridized carbons (Fsp3) is 0.111. The molecule has 0 saturated carbocycles. The maximum Gasteiger partial charge on any atom is 0.116 e. The van der Waals surface area contributed by atoms with Crippen LogP contribution < -0.4 is 0 Å². The Morgan fingerprint density at radius 2 is 2.31 bits per heavy atom. The minimum Gasteiger partial charge on any atom is -0.251 e. The van der Waals surface area contributed by atoms with E-state index >= 15 is 0 Å². The first kappa shape index (κ1) is 8.10. The molecule has 0 bridgehead atoms. The Morgan fingerprint density at radius 1 is 1.38 bits per heavy atom. The van der Waals surface area contributed by atoms with Crippen LogP contribution in [0.15, 0.2) is 30.7 Å². The van der Waals surface area contributed by atoms with E-state index < -0.39 is 0 Å². The van der Waals surface area contributed by atoms with Gasteiger partial charge in [-0.05, 0) is 17.7 Å². The van der Waals surface area contributed by atoms with Gasteiger partial charge in [-0.2, -0.15) is 0 Å². The van der Waals surface area contributed by atoms with Crippen molar-refractivity contribution in [2.75, 3.05) is 0 Å². The van der Waals surface area contributed by atoms with Crippen molar-refractivity contribution in [3.05, 3.63) is 36.3 Å². The van der Waals surface area contributed by atoms with Crippen molar-refractivity contribution >= 4 is 10.9 Å². The summed E-state index contributed by atoms with van der Waals surface area (Å²) in [6.07, 6.45) is 3.23. The molecule has 1 aromatic heterocycles. The first-order valence-corrected chi connectivity index (χ1v) is 3.85. The van der Waals surface area contributed by atoms with Crippen LogP contribution in [0.5, 0.6) is 0 Å². The highest BCUT2D eigenvalue weighted by atomic mass is 17.1. The number of fused-ring (bicyclic) bond motifs is 1. The van der Waals surface area contributed by atoms with Crippen LogP contribution in [0.4, 0.5) is 0 Å². The zero-order valence-corrected chi connectivity index (χ0v) is 6.84. The van der Waals surface area contributed by atoms with Crippen LogP contribution in [-0.4, -0.2) is 15.2 Å². The first-order chi connectivity index (χ1) is 6.40. The summed E-state index contributed by atoms with van der Waals surface area (Å²) in [6, 6.07) is 5.60. The summed E-state index contributed by atoms with van der Waals surface area (Å²) < 4.78 is 0. The lowest BCUT2D eigenvalue weighted by molar-refractivity contribution is -0.252. The molecule has 0 atom stereocenters. The van der Waals surface area contributed by atoms with Crippen molar-refractivity contribution in [1.29, 1.82) is 0 Å². The minimum atomic E-state index is 0.185. The fourth-order valence-electron chi connectivity index (χ4n) is 1.20. The Hall–Kier alpha value is -1.52. The molecular weight excluding hydrogens is 168 g/mol. The van der Waals surface area contributed by atoms with Crippen molar-refractivity contribution in [2.45, 2.75) is 6.61 Å². The van der Waals surface area contributed by atoms with Gasteiger partial charge in [-0.1, -0.05) is 6.07 Å². The topological polar surface area (TPSA) is 55.2 Å². The van der Waals surface area contributed by atoms with Crippen LogP contribution >= 0.6 is 0 Å². The summed E-state index contributed by atoms with van der Waals surface area (Å²) in [5.41, 5.74) is 1.78. The van der Waals surface area contributed by atoms with E-state index in [0.717, 1.165) is 16.5 Å². The van der Waals surface area contributed by atoms with E-state index in [1.807, 2.05) is 18.2 Å². The largest absolute Gasteiger partial charge is 0.251 e. The molecule has 4 heteroatoms. The lowest BCUT2D eigenvalue weighted by Gasteiger charge is -1.99. The predicted molar refractivity (Wildman–Crippen MR) is 47.0 cm³/mol. The molecule has 2 aromatic rings. The standard InChI is InChI=1S/C9H8N2O2/c12-13-5-7-1-2-9-8(3-7)4-10-6-11-9/h1-4,6,12H,5H2. The molecule has 0 aliphatic rings. The molecule has 0 aliphatic heterocycles. The van der Waals surface area contributed by atoms with E-state index in [9.17, 15) is 0 Å². The van der Waals surface area contributed by atoms with Gasteiger partial charge in [0, 0.05) is 11.6 Å². The molecule has 0 spiro atoms. The van der Waals surface area contributed by atoms with Gasteiger partial charge in [0.1, 0.15) is 12.9 Å². The van der Waals surface area contributed by atoms with Crippen LogP contribution in [0.3, 0.4) is 0 Å². The van der Waals surface area contributed by atoms with Crippen molar-refractivity contribution < 1.29 is 10.1 Å². The summed E-state index contributed by atoms with van der Waals surface area (Å²) in [5, 5.41) is 9.20. The monoisotopic (exact) mass is 176 g/mol. The van der Waals surface area contributed by atoms with Crippen LogP contribution in [0, 0.1) is 0 Å². The third-order valence-electron chi connectivity index (χ3n) is 1.80. The van der Waals surface area contributed by atoms with Gasteiger partial charge in [0.25, 0.3) is 0 Å². The van der Waals surface area contributed by atoms with E-state index in [-0.39, 0.29) is 6.61 Å². The zero-order valence-electron chi connectivity index (χ0n) is 6.84. The summed E-state index contributed by atoms with van der Waals surface area (Å²) in [5.74, 6) is 0. The van der Waals surface area contributed by atoms with Gasteiger partial charge < -0.3 is 0 Å². The summed E-state index contributed by atoms with van der Waals surface area (Å²) >= 11 is 0. The molecule has 1 heterocycles. The van der Waals surface area contributed by atoms with Crippen LogP contribution in [0.2, 0.25) is 0 Å². The third-order valence-corrected chi connectivity index (χ3v) is 1.80. The lowest BCUT2D eigenvalue weighted by atomic mass is 10.2. The number of benzene rings is 1. The summed E-state index contributed by atoms with van der Waals surface area (Å²) in [6.45, 7) is 0.185. The predicted octanol–water partition coefficient (Wildman–Crippen LogP) is 1.62. The average Bonchev–Trinajstić information content (AvgIpc) is 2.18. The number of nitrogens with zero attached hydrogens (tertiary/aromatic N) is 2. The van der Waals surface area contributed by atoms with Crippen molar-refractivity contribution in [1.82, 2.24) is 9.97 Å². The third kappa shape index (κ3) is 1.63. The van der Waals surface area contributed by atoms with E-state index in [2.05, 4.69) is 14.9 Å². The van der Waals surface area contributed by atoms with Gasteiger partial charge in [-0.25, -0.2) is 14.9 Å². The molecule has 0 aliphatic carbocycles. The molecule has 0 amide bonds. The van der Waals surface area contributed by atoms with E-state index in [0.29, 0.717) is 0 Å². The highest BCUT2D eigenvalue weighted by Crippen LogP contribution is 2.12. The van der Waals surface area contributed by atoms with Crippen molar-refractivity contribution in [2.24, 2.45) is 0 Å². The Kier molecular flexibility index (Phi) is 2.16. The van der Waals surface area contributed by atoms with E-state index in [1.165, 1.54) is 6.33 Å². The molecule has 13 heavy (non-hydrogen) atoms. The van der Waals surface area contributed by atoms with Gasteiger partial charge >= 0.3 is 0 Å². The Morgan fingerprint density at radius 3 is 3.15 bits per heavy atom. The Balaban J connectivity index is 2.49. The van der Waals surface area contributed by atoms with Crippen molar-refractivity contribution in [3.8, 4) is 0 Å². The number of aromatic nitrogens is 2. The molecule has 4 nitrogen and oxygen atoms in total. The SMILES string of the molecule is OOCc1ccc2ncncc2c1. The first-order valence-electron chi connectivity index (χ1n) is 3.85. The smallest absolute Gasteiger partial charge is 0.116 e. The second-order valence-electron chi connectivity index (χ2n) is 2.69. The van der Waals surface area contributed by atoms with Gasteiger partial charge in [-0.15, -0.1) is 0 Å². The van der Waals surface area contributed by atoms with Crippen LogP contribution in [0.1, 0.15) is 5.56 Å². The van der Waals surface area contributed by atoms with Crippen LogP contribution in [-0.2, 0) is 11.5 Å². The fourth-order valence-corrected chi connectivity index (χ4v) is 1.20. The van der Waals surface area contributed by atoms with Gasteiger partial charge in [-0.3, -0.25) is 5.26 Å². The number of rotatable bonds is 2. The molecular formula is C9H8N2O2. The van der Waals surface area contributed by atoms with E-state index in [1.54, 1.807) is 6.20 Å². The quantitative estimate of drug-likeness (QED) is 0.558. The molecule has 0 saturated heterocycles. The Bertz CT molecular complexity index is 417. The molecule has 66 valence electrons. The maximum absolute atomic E-state index is 8.26. The molecule has 1 N–H and O–H groups in total. The molecule has 0 fully saturated rings. The highest BCUT2D eigenvalue weighted by molar-refractivity contribution is 5.77. The molecule has 2 rings (SSSR count). The van der Waals surface area contributed by atoms with Gasteiger partial charge in [0.15, 0.2) is 0 Å². The second kappa shape index (κ2) is 3.47.